The van der Waals surface area contributed by atoms with Gasteiger partial charge in [0.2, 0.25) is 5.91 Å². The van der Waals surface area contributed by atoms with Crippen LogP contribution in [0.25, 0.3) is 0 Å². The number of fused-ring (bicyclic) bond motifs is 1. The molecule has 2 aromatic carbocycles. The van der Waals surface area contributed by atoms with E-state index in [0.29, 0.717) is 30.3 Å². The topological polar surface area (TPSA) is 95.1 Å². The number of carbonyl (C=O) groups excluding carboxylic acids is 2. The zero-order chi connectivity index (χ0) is 22.1. The van der Waals surface area contributed by atoms with Crippen LogP contribution in [0.1, 0.15) is 23.2 Å². The average molecular weight is 438 g/mol. The van der Waals surface area contributed by atoms with Gasteiger partial charge in [-0.05, 0) is 49.2 Å². The number of ether oxygens (including phenoxy) is 4. The summed E-state index contributed by atoms with van der Waals surface area (Å²) in [6.07, 6.45) is 1.35. The molecule has 8 nitrogen and oxygen atoms in total. The normalized spacial score (nSPS) is 26.3. The first kappa shape index (κ1) is 20.8. The lowest BCUT2D eigenvalue weighted by atomic mass is 10.1. The van der Waals surface area contributed by atoms with Crippen molar-refractivity contribution in [2.24, 2.45) is 5.92 Å². The Bertz CT molecular complexity index is 990. The van der Waals surface area contributed by atoms with Crippen molar-refractivity contribution in [3.8, 4) is 17.2 Å². The molecule has 1 aliphatic carbocycles. The molecule has 2 heterocycles. The lowest BCUT2D eigenvalue weighted by molar-refractivity contribution is -0.123. The number of methoxy groups -OCH3 is 1. The van der Waals surface area contributed by atoms with Gasteiger partial charge in [0.25, 0.3) is 5.91 Å². The molecule has 3 fully saturated rings. The molecule has 4 atom stereocenters. The smallest absolute Gasteiger partial charge is 0.255 e. The fourth-order valence-electron chi connectivity index (χ4n) is 4.15. The SMILES string of the molecule is COc1ccc(Oc2ccccc2C(=O)NC2COC3C(NC(=O)C4CC4)COC23)cc1. The first-order chi connectivity index (χ1) is 15.6. The predicted octanol–water partition coefficient (Wildman–Crippen LogP) is 2.28. The Hall–Kier alpha value is -3.10. The van der Waals surface area contributed by atoms with Crippen LogP contribution in [0.4, 0.5) is 0 Å². The molecule has 1 saturated carbocycles. The van der Waals surface area contributed by atoms with Gasteiger partial charge in [0.05, 0.1) is 38.0 Å². The van der Waals surface area contributed by atoms with E-state index in [4.69, 9.17) is 18.9 Å². The quantitative estimate of drug-likeness (QED) is 0.689. The number of para-hydroxylation sites is 1. The third kappa shape index (κ3) is 4.28. The van der Waals surface area contributed by atoms with Crippen molar-refractivity contribution in [2.45, 2.75) is 37.1 Å². The number of hydrogen-bond acceptors (Lipinski definition) is 6. The molecule has 8 heteroatoms. The van der Waals surface area contributed by atoms with Gasteiger partial charge in [0, 0.05) is 5.92 Å². The Balaban J connectivity index is 1.23. The van der Waals surface area contributed by atoms with Gasteiger partial charge in [-0.1, -0.05) is 12.1 Å². The summed E-state index contributed by atoms with van der Waals surface area (Å²) in [5, 5.41) is 6.05. The zero-order valence-corrected chi connectivity index (χ0v) is 17.8. The summed E-state index contributed by atoms with van der Waals surface area (Å²) >= 11 is 0. The van der Waals surface area contributed by atoms with Crippen molar-refractivity contribution in [3.63, 3.8) is 0 Å². The van der Waals surface area contributed by atoms with Crippen LogP contribution >= 0.6 is 0 Å². The molecule has 4 unspecified atom stereocenters. The Kier molecular flexibility index (Phi) is 5.71. The van der Waals surface area contributed by atoms with Gasteiger partial charge in [0.15, 0.2) is 0 Å². The van der Waals surface area contributed by atoms with Crippen molar-refractivity contribution in [1.29, 1.82) is 0 Å². The van der Waals surface area contributed by atoms with Crippen molar-refractivity contribution in [1.82, 2.24) is 10.6 Å². The summed E-state index contributed by atoms with van der Waals surface area (Å²) < 4.78 is 22.9. The van der Waals surface area contributed by atoms with Crippen molar-refractivity contribution >= 4 is 11.8 Å². The lowest BCUT2D eigenvalue weighted by Crippen LogP contribution is -2.47. The molecule has 2 amide bonds. The number of rotatable bonds is 7. The first-order valence-corrected chi connectivity index (χ1v) is 10.9. The molecule has 5 rings (SSSR count). The molecule has 0 aromatic heterocycles. The Morgan fingerprint density at radius 2 is 1.50 bits per heavy atom. The minimum absolute atomic E-state index is 0.0694. The van der Waals surface area contributed by atoms with Crippen LogP contribution in [-0.4, -0.2) is 56.4 Å². The third-order valence-corrected chi connectivity index (χ3v) is 6.06. The number of benzene rings is 2. The first-order valence-electron chi connectivity index (χ1n) is 10.9. The summed E-state index contributed by atoms with van der Waals surface area (Å²) in [4.78, 5) is 25.2. The van der Waals surface area contributed by atoms with E-state index in [1.807, 2.05) is 6.07 Å². The summed E-state index contributed by atoms with van der Waals surface area (Å²) in [5.41, 5.74) is 0.420. The van der Waals surface area contributed by atoms with Gasteiger partial charge >= 0.3 is 0 Å². The molecule has 2 N–H and O–H groups in total. The molecule has 3 aliphatic rings. The predicted molar refractivity (Wildman–Crippen MR) is 115 cm³/mol. The summed E-state index contributed by atoms with van der Waals surface area (Å²) in [7, 11) is 1.60. The molecule has 2 aromatic rings. The minimum atomic E-state index is -0.302. The number of nitrogens with one attached hydrogen (secondary N) is 2. The van der Waals surface area contributed by atoms with Crippen LogP contribution in [-0.2, 0) is 14.3 Å². The van der Waals surface area contributed by atoms with Gasteiger partial charge in [-0.25, -0.2) is 0 Å². The van der Waals surface area contributed by atoms with E-state index in [-0.39, 0.29) is 42.0 Å². The minimum Gasteiger partial charge on any atom is -0.497 e. The number of hydrogen-bond donors (Lipinski definition) is 2. The highest BCUT2D eigenvalue weighted by Crippen LogP contribution is 2.32. The highest BCUT2D eigenvalue weighted by Gasteiger charge is 2.49. The third-order valence-electron chi connectivity index (χ3n) is 6.06. The largest absolute Gasteiger partial charge is 0.497 e. The van der Waals surface area contributed by atoms with Gasteiger partial charge < -0.3 is 29.6 Å². The standard InChI is InChI=1S/C24H26N2O6/c1-29-15-8-10-16(11-9-15)32-20-5-3-2-4-17(20)24(28)26-19-13-31-21-18(12-30-22(19)21)25-23(27)14-6-7-14/h2-5,8-11,14,18-19,21-22H,6-7,12-13H2,1H3,(H,25,27)(H,26,28). The maximum Gasteiger partial charge on any atom is 0.255 e. The second-order valence-corrected chi connectivity index (χ2v) is 8.34. The average Bonchev–Trinajstić information content (AvgIpc) is 3.49. The number of amides is 2. The Morgan fingerprint density at radius 3 is 2.16 bits per heavy atom. The fourth-order valence-corrected chi connectivity index (χ4v) is 4.15. The van der Waals surface area contributed by atoms with E-state index in [1.165, 1.54) is 0 Å². The van der Waals surface area contributed by atoms with Crippen LogP contribution in [0, 0.1) is 5.92 Å². The molecule has 0 spiro atoms. The second kappa shape index (κ2) is 8.80. The van der Waals surface area contributed by atoms with Crippen LogP contribution in [0.2, 0.25) is 0 Å². The van der Waals surface area contributed by atoms with Crippen molar-refractivity contribution in [3.05, 3.63) is 54.1 Å². The lowest BCUT2D eigenvalue weighted by Gasteiger charge is -2.19. The number of carbonyl (C=O) groups is 2. The van der Waals surface area contributed by atoms with Crippen LogP contribution < -0.4 is 20.1 Å². The summed E-state index contributed by atoms with van der Waals surface area (Å²) in [6.45, 7) is 0.718. The Morgan fingerprint density at radius 1 is 0.875 bits per heavy atom. The highest BCUT2D eigenvalue weighted by atomic mass is 16.6. The fraction of sp³-hybridized carbons (Fsp3) is 0.417. The van der Waals surface area contributed by atoms with Crippen molar-refractivity contribution in [2.75, 3.05) is 20.3 Å². The molecule has 32 heavy (non-hydrogen) atoms. The van der Waals surface area contributed by atoms with E-state index in [9.17, 15) is 9.59 Å². The van der Waals surface area contributed by atoms with Gasteiger partial charge in [-0.3, -0.25) is 9.59 Å². The Labute approximate surface area is 186 Å². The highest BCUT2D eigenvalue weighted by molar-refractivity contribution is 5.97. The molecule has 0 radical (unpaired) electrons. The van der Waals surface area contributed by atoms with E-state index in [2.05, 4.69) is 10.6 Å². The van der Waals surface area contributed by atoms with E-state index < -0.39 is 0 Å². The van der Waals surface area contributed by atoms with Gasteiger partial charge in [-0.15, -0.1) is 0 Å². The van der Waals surface area contributed by atoms with Crippen LogP contribution in [0.5, 0.6) is 17.2 Å². The van der Waals surface area contributed by atoms with Gasteiger partial charge in [0.1, 0.15) is 29.5 Å². The van der Waals surface area contributed by atoms with Crippen LogP contribution in [0.3, 0.4) is 0 Å². The van der Waals surface area contributed by atoms with Gasteiger partial charge in [-0.2, -0.15) is 0 Å². The zero-order valence-electron chi connectivity index (χ0n) is 17.8. The molecular formula is C24H26N2O6. The molecule has 2 aliphatic heterocycles. The molecule has 0 bridgehead atoms. The molecular weight excluding hydrogens is 412 g/mol. The molecule has 2 saturated heterocycles. The van der Waals surface area contributed by atoms with E-state index in [0.717, 1.165) is 18.6 Å². The van der Waals surface area contributed by atoms with Crippen molar-refractivity contribution < 1.29 is 28.5 Å². The molecule has 168 valence electrons. The summed E-state index contributed by atoms with van der Waals surface area (Å²) in [5.74, 6) is 1.71. The maximum absolute atomic E-state index is 13.1. The second-order valence-electron chi connectivity index (χ2n) is 8.34. The maximum atomic E-state index is 13.1. The van der Waals surface area contributed by atoms with Crippen LogP contribution in [0.15, 0.2) is 48.5 Å². The summed E-state index contributed by atoms with van der Waals surface area (Å²) in [6, 6.07) is 13.8. The van der Waals surface area contributed by atoms with E-state index in [1.54, 1.807) is 49.6 Å². The monoisotopic (exact) mass is 438 g/mol. The van der Waals surface area contributed by atoms with E-state index >= 15 is 0 Å².